The summed E-state index contributed by atoms with van der Waals surface area (Å²) in [7, 11) is 2.17. The van der Waals surface area contributed by atoms with Crippen LogP contribution in [0.2, 0.25) is 0 Å². The molecule has 3 N–H and O–H groups in total. The van der Waals surface area contributed by atoms with Gasteiger partial charge in [-0.1, -0.05) is 0 Å². The molecular formula is C25H34N8O2. The molecule has 0 bridgehead atoms. The fourth-order valence-corrected chi connectivity index (χ4v) is 5.10. The molecule has 0 spiro atoms. The van der Waals surface area contributed by atoms with Gasteiger partial charge in [-0.3, -0.25) is 0 Å². The number of hydrogen-bond acceptors (Lipinski definition) is 7. The molecule has 1 aliphatic heterocycles. The zero-order chi connectivity index (χ0) is 24.2. The van der Waals surface area contributed by atoms with E-state index in [0.29, 0.717) is 24.3 Å². The van der Waals surface area contributed by atoms with Gasteiger partial charge in [-0.25, -0.2) is 14.5 Å². The molecule has 0 radical (unpaired) electrons. The molecule has 1 aromatic carbocycles. The number of carbonyl (C=O) groups is 1. The molecule has 1 aliphatic carbocycles. The van der Waals surface area contributed by atoms with E-state index in [0.717, 1.165) is 75.1 Å². The summed E-state index contributed by atoms with van der Waals surface area (Å²) in [6.07, 6.45) is 6.93. The van der Waals surface area contributed by atoms with E-state index in [-0.39, 0.29) is 0 Å². The monoisotopic (exact) mass is 478 g/mol. The first-order valence-electron chi connectivity index (χ1n) is 12.5. The maximum absolute atomic E-state index is 10.7. The van der Waals surface area contributed by atoms with Crippen molar-refractivity contribution >= 4 is 34.4 Å². The number of benzene rings is 1. The van der Waals surface area contributed by atoms with Gasteiger partial charge in [0.25, 0.3) is 0 Å². The van der Waals surface area contributed by atoms with E-state index in [1.54, 1.807) is 0 Å². The molecule has 3 heterocycles. The number of amides is 1. The maximum Gasteiger partial charge on any atom is 0.404 e. The van der Waals surface area contributed by atoms with Crippen LogP contribution in [0.4, 0.5) is 22.1 Å². The molecule has 10 nitrogen and oxygen atoms in total. The Morgan fingerprint density at radius 3 is 2.46 bits per heavy atom. The normalized spacial score (nSPS) is 21.2. The summed E-state index contributed by atoms with van der Waals surface area (Å²) in [6, 6.07) is 8.46. The topological polar surface area (TPSA) is 111 Å². The Labute approximate surface area is 205 Å². The molecule has 1 saturated carbocycles. The third kappa shape index (κ3) is 5.82. The van der Waals surface area contributed by atoms with Gasteiger partial charge >= 0.3 is 6.09 Å². The van der Waals surface area contributed by atoms with Crippen LogP contribution in [0.5, 0.6) is 0 Å². The summed E-state index contributed by atoms with van der Waals surface area (Å²) >= 11 is 0. The van der Waals surface area contributed by atoms with Crippen LogP contribution in [0.3, 0.4) is 0 Å². The van der Waals surface area contributed by atoms with Crippen LogP contribution >= 0.6 is 0 Å². The molecule has 1 amide bonds. The number of nitrogens with one attached hydrogen (secondary N) is 2. The Kier molecular flexibility index (Phi) is 6.98. The zero-order valence-electron chi connectivity index (χ0n) is 20.2. The first-order chi connectivity index (χ1) is 17.0. The summed E-state index contributed by atoms with van der Waals surface area (Å²) in [5.41, 5.74) is 3.04. The Morgan fingerprint density at radius 1 is 1.03 bits per heavy atom. The minimum Gasteiger partial charge on any atom is -0.465 e. The highest BCUT2D eigenvalue weighted by Gasteiger charge is 2.23. The fourth-order valence-electron chi connectivity index (χ4n) is 5.10. The van der Waals surface area contributed by atoms with Crippen LogP contribution in [0.25, 0.3) is 11.0 Å². The van der Waals surface area contributed by atoms with Crippen LogP contribution in [0.1, 0.15) is 25.7 Å². The van der Waals surface area contributed by atoms with Gasteiger partial charge in [0, 0.05) is 56.8 Å². The predicted octanol–water partition coefficient (Wildman–Crippen LogP) is 3.40. The smallest absolute Gasteiger partial charge is 0.404 e. The summed E-state index contributed by atoms with van der Waals surface area (Å²) in [5.74, 6) is 1.51. The van der Waals surface area contributed by atoms with Gasteiger partial charge in [0.1, 0.15) is 0 Å². The molecule has 0 unspecified atom stereocenters. The van der Waals surface area contributed by atoms with E-state index in [4.69, 9.17) is 10.1 Å². The molecule has 0 atom stereocenters. The number of hydrogen-bond donors (Lipinski definition) is 3. The average molecular weight is 479 g/mol. The van der Waals surface area contributed by atoms with Crippen LogP contribution < -0.4 is 15.5 Å². The Morgan fingerprint density at radius 2 is 1.74 bits per heavy atom. The van der Waals surface area contributed by atoms with Gasteiger partial charge < -0.3 is 25.5 Å². The van der Waals surface area contributed by atoms with Gasteiger partial charge in [-0.05, 0) is 68.8 Å². The SMILES string of the molecule is CN1CCN(c2ccc(Nc3ncc4cnn(CC5CCC(CNC(=O)O)CC5)c4n3)cc2)CC1. The lowest BCUT2D eigenvalue weighted by atomic mass is 9.82. The summed E-state index contributed by atoms with van der Waals surface area (Å²) in [5, 5.41) is 20.2. The van der Waals surface area contributed by atoms with Crippen molar-refractivity contribution in [3.8, 4) is 0 Å². The van der Waals surface area contributed by atoms with E-state index in [1.807, 2.05) is 17.1 Å². The fraction of sp³-hybridized carbons (Fsp3) is 0.520. The molecule has 3 aromatic rings. The standard InChI is InChI=1S/C25H34N8O2/c1-31-10-12-32(13-11-31)22-8-6-21(7-9-22)29-24-26-15-20-16-28-33(23(20)30-24)17-19-4-2-18(3-5-19)14-27-25(34)35/h6-9,15-16,18-19,27H,2-5,10-14,17H2,1H3,(H,34,35)(H,26,29,30). The molecular weight excluding hydrogens is 444 g/mol. The quantitative estimate of drug-likeness (QED) is 0.474. The van der Waals surface area contributed by atoms with Gasteiger partial charge in [-0.2, -0.15) is 10.1 Å². The molecule has 186 valence electrons. The number of aromatic nitrogens is 4. The highest BCUT2D eigenvalue weighted by molar-refractivity contribution is 5.75. The van der Waals surface area contributed by atoms with E-state index in [1.165, 1.54) is 5.69 Å². The van der Waals surface area contributed by atoms with Crippen molar-refractivity contribution in [3.05, 3.63) is 36.7 Å². The van der Waals surface area contributed by atoms with Crippen molar-refractivity contribution in [1.29, 1.82) is 0 Å². The second kappa shape index (κ2) is 10.5. The van der Waals surface area contributed by atoms with Gasteiger partial charge in [-0.15, -0.1) is 0 Å². The molecule has 1 saturated heterocycles. The summed E-state index contributed by atoms with van der Waals surface area (Å²) < 4.78 is 1.99. The first-order valence-corrected chi connectivity index (χ1v) is 12.5. The third-order valence-corrected chi connectivity index (χ3v) is 7.31. The lowest BCUT2D eigenvalue weighted by molar-refractivity contribution is 0.186. The van der Waals surface area contributed by atoms with Crippen molar-refractivity contribution < 1.29 is 9.90 Å². The number of anilines is 3. The van der Waals surface area contributed by atoms with E-state index in [2.05, 4.69) is 61.8 Å². The second-order valence-electron chi connectivity index (χ2n) is 9.83. The second-order valence-corrected chi connectivity index (χ2v) is 9.83. The van der Waals surface area contributed by atoms with E-state index >= 15 is 0 Å². The lowest BCUT2D eigenvalue weighted by Crippen LogP contribution is -2.44. The van der Waals surface area contributed by atoms with Gasteiger partial charge in [0.2, 0.25) is 5.95 Å². The molecule has 35 heavy (non-hydrogen) atoms. The Bertz CT molecular complexity index is 1130. The third-order valence-electron chi connectivity index (χ3n) is 7.31. The van der Waals surface area contributed by atoms with Crippen LogP contribution in [0, 0.1) is 11.8 Å². The minimum atomic E-state index is -0.940. The molecule has 2 aromatic heterocycles. The largest absolute Gasteiger partial charge is 0.465 e. The van der Waals surface area contributed by atoms with Crippen molar-refractivity contribution in [2.45, 2.75) is 32.2 Å². The van der Waals surface area contributed by atoms with E-state index < -0.39 is 6.09 Å². The van der Waals surface area contributed by atoms with E-state index in [9.17, 15) is 4.79 Å². The first kappa shape index (κ1) is 23.3. The summed E-state index contributed by atoms with van der Waals surface area (Å²) in [6.45, 7) is 5.64. The van der Waals surface area contributed by atoms with Crippen molar-refractivity contribution in [1.82, 2.24) is 30.0 Å². The maximum atomic E-state index is 10.7. The van der Waals surface area contributed by atoms with Crippen LogP contribution in [0.15, 0.2) is 36.7 Å². The average Bonchev–Trinajstić information content (AvgIpc) is 3.26. The number of nitrogens with zero attached hydrogens (tertiary/aromatic N) is 6. The van der Waals surface area contributed by atoms with Crippen LogP contribution in [-0.4, -0.2) is 75.6 Å². The Hall–Kier alpha value is -3.40. The highest BCUT2D eigenvalue weighted by atomic mass is 16.4. The molecule has 2 fully saturated rings. The van der Waals surface area contributed by atoms with Gasteiger partial charge in [0.05, 0.1) is 11.6 Å². The van der Waals surface area contributed by atoms with Crippen LogP contribution in [-0.2, 0) is 6.54 Å². The minimum absolute atomic E-state index is 0.428. The lowest BCUT2D eigenvalue weighted by Gasteiger charge is -2.34. The van der Waals surface area contributed by atoms with Crippen molar-refractivity contribution in [2.24, 2.45) is 11.8 Å². The molecule has 2 aliphatic rings. The van der Waals surface area contributed by atoms with Gasteiger partial charge in [0.15, 0.2) is 5.65 Å². The highest BCUT2D eigenvalue weighted by Crippen LogP contribution is 2.30. The Balaban J connectivity index is 1.20. The summed E-state index contributed by atoms with van der Waals surface area (Å²) in [4.78, 5) is 24.8. The number of carboxylic acid groups (broad SMARTS) is 1. The molecule has 10 heteroatoms. The molecule has 5 rings (SSSR count). The number of piperazine rings is 1. The number of rotatable bonds is 7. The predicted molar refractivity (Wildman–Crippen MR) is 136 cm³/mol. The van der Waals surface area contributed by atoms with Crippen molar-refractivity contribution in [2.75, 3.05) is 50.0 Å². The zero-order valence-corrected chi connectivity index (χ0v) is 20.2. The number of likely N-dealkylation sites (N-methyl/N-ethyl adjacent to an activating group) is 1. The number of fused-ring (bicyclic) bond motifs is 1. The van der Waals surface area contributed by atoms with Crippen molar-refractivity contribution in [3.63, 3.8) is 0 Å².